The predicted molar refractivity (Wildman–Crippen MR) is 135 cm³/mol. The molecule has 0 bridgehead atoms. The first-order chi connectivity index (χ1) is 17.0. The standard InChI is InChI=1S/C27H32N6O2/c1-4-32(16-20-9-6-5-7-10-20)25(26-29-30-31-33(26)17-22-11-8-12-35-22)23-15-21-13-18(2)19(3)14-24(21)28-27(23)34/h5-7,9-10,13-15,22,25H,4,8,11-12,16-17H2,1-3H3,(H,28,34)/t22-,25+/m1/s1. The van der Waals surface area contributed by atoms with Gasteiger partial charge in [0.1, 0.15) is 6.04 Å². The summed E-state index contributed by atoms with van der Waals surface area (Å²) in [5.41, 5.74) is 4.86. The van der Waals surface area contributed by atoms with E-state index >= 15 is 0 Å². The van der Waals surface area contributed by atoms with Crippen LogP contribution in [0.5, 0.6) is 0 Å². The Bertz CT molecular complexity index is 1360. The Balaban J connectivity index is 1.63. The number of hydrogen-bond donors (Lipinski definition) is 1. The number of hydrogen-bond acceptors (Lipinski definition) is 6. The van der Waals surface area contributed by atoms with Crippen molar-refractivity contribution in [2.24, 2.45) is 0 Å². The molecule has 0 amide bonds. The van der Waals surface area contributed by atoms with Crippen molar-refractivity contribution in [1.29, 1.82) is 0 Å². The van der Waals surface area contributed by atoms with Crippen molar-refractivity contribution in [3.63, 3.8) is 0 Å². The van der Waals surface area contributed by atoms with Gasteiger partial charge in [-0.25, -0.2) is 4.68 Å². The van der Waals surface area contributed by atoms with Gasteiger partial charge >= 0.3 is 0 Å². The molecule has 4 aromatic rings. The molecule has 1 saturated heterocycles. The molecule has 182 valence electrons. The number of H-pyrrole nitrogens is 1. The van der Waals surface area contributed by atoms with Gasteiger partial charge in [0, 0.05) is 24.2 Å². The first-order valence-electron chi connectivity index (χ1n) is 12.3. The molecule has 8 heteroatoms. The van der Waals surface area contributed by atoms with Crippen LogP contribution in [0.2, 0.25) is 0 Å². The lowest BCUT2D eigenvalue weighted by atomic mass is 10.00. The van der Waals surface area contributed by atoms with E-state index in [1.54, 1.807) is 0 Å². The second-order valence-electron chi connectivity index (χ2n) is 9.38. The summed E-state index contributed by atoms with van der Waals surface area (Å²) in [7, 11) is 0. The Labute approximate surface area is 204 Å². The zero-order chi connectivity index (χ0) is 24.4. The zero-order valence-corrected chi connectivity index (χ0v) is 20.6. The monoisotopic (exact) mass is 472 g/mol. The Morgan fingerprint density at radius 3 is 2.71 bits per heavy atom. The third-order valence-corrected chi connectivity index (χ3v) is 6.99. The number of rotatable bonds is 8. The first kappa shape index (κ1) is 23.4. The minimum atomic E-state index is -0.411. The van der Waals surface area contributed by atoms with Crippen LogP contribution in [0.3, 0.4) is 0 Å². The van der Waals surface area contributed by atoms with Gasteiger partial charge in [0.15, 0.2) is 5.82 Å². The highest BCUT2D eigenvalue weighted by atomic mass is 16.5. The van der Waals surface area contributed by atoms with Crippen molar-refractivity contribution < 1.29 is 4.74 Å². The van der Waals surface area contributed by atoms with Gasteiger partial charge in [-0.2, -0.15) is 0 Å². The Morgan fingerprint density at radius 2 is 1.97 bits per heavy atom. The predicted octanol–water partition coefficient (Wildman–Crippen LogP) is 3.92. The van der Waals surface area contributed by atoms with E-state index in [9.17, 15) is 4.79 Å². The van der Waals surface area contributed by atoms with Crippen molar-refractivity contribution in [2.45, 2.75) is 58.8 Å². The van der Waals surface area contributed by atoms with E-state index in [2.05, 4.69) is 64.4 Å². The highest BCUT2D eigenvalue weighted by molar-refractivity contribution is 5.81. The second-order valence-corrected chi connectivity index (χ2v) is 9.38. The summed E-state index contributed by atoms with van der Waals surface area (Å²) in [4.78, 5) is 18.9. The van der Waals surface area contributed by atoms with Crippen molar-refractivity contribution in [1.82, 2.24) is 30.1 Å². The molecule has 0 unspecified atom stereocenters. The molecular formula is C27H32N6O2. The Kier molecular flexibility index (Phi) is 6.74. The molecule has 0 radical (unpaired) electrons. The fraction of sp³-hybridized carbons (Fsp3) is 0.407. The normalized spacial score (nSPS) is 16.9. The summed E-state index contributed by atoms with van der Waals surface area (Å²) < 4.78 is 7.67. The molecule has 2 aromatic carbocycles. The molecule has 1 fully saturated rings. The molecule has 1 N–H and O–H groups in total. The van der Waals surface area contributed by atoms with Gasteiger partial charge in [-0.3, -0.25) is 9.69 Å². The van der Waals surface area contributed by atoms with Gasteiger partial charge in [-0.05, 0) is 83.9 Å². The molecule has 0 aliphatic carbocycles. The summed E-state index contributed by atoms with van der Waals surface area (Å²) in [6.07, 6.45) is 2.12. The number of aromatic amines is 1. The highest BCUT2D eigenvalue weighted by Crippen LogP contribution is 2.29. The summed E-state index contributed by atoms with van der Waals surface area (Å²) in [5, 5.41) is 13.8. The maximum Gasteiger partial charge on any atom is 0.253 e. The smallest absolute Gasteiger partial charge is 0.253 e. The third-order valence-electron chi connectivity index (χ3n) is 6.99. The molecule has 3 heterocycles. The highest BCUT2D eigenvalue weighted by Gasteiger charge is 2.31. The van der Waals surface area contributed by atoms with Crippen LogP contribution >= 0.6 is 0 Å². The molecule has 1 aliphatic rings. The van der Waals surface area contributed by atoms with Crippen molar-refractivity contribution in [2.75, 3.05) is 13.2 Å². The van der Waals surface area contributed by atoms with Crippen LogP contribution in [0, 0.1) is 13.8 Å². The molecule has 1 aliphatic heterocycles. The molecule has 5 rings (SSSR count). The van der Waals surface area contributed by atoms with E-state index in [1.807, 2.05) is 35.0 Å². The molecule has 2 atom stereocenters. The van der Waals surface area contributed by atoms with Gasteiger partial charge in [0.05, 0.1) is 12.6 Å². The van der Waals surface area contributed by atoms with Crippen molar-refractivity contribution in [3.05, 3.63) is 87.0 Å². The lowest BCUT2D eigenvalue weighted by molar-refractivity contribution is 0.0907. The maximum atomic E-state index is 13.5. The number of aryl methyl sites for hydroxylation is 2. The van der Waals surface area contributed by atoms with E-state index in [1.165, 1.54) is 11.1 Å². The van der Waals surface area contributed by atoms with Gasteiger partial charge in [0.25, 0.3) is 5.56 Å². The van der Waals surface area contributed by atoms with Gasteiger partial charge in [-0.1, -0.05) is 37.3 Å². The van der Waals surface area contributed by atoms with Crippen molar-refractivity contribution in [3.8, 4) is 0 Å². The number of pyridine rings is 1. The number of nitrogens with one attached hydrogen (secondary N) is 1. The van der Waals surface area contributed by atoms with Crippen LogP contribution in [0.15, 0.2) is 53.3 Å². The number of nitrogens with zero attached hydrogens (tertiary/aromatic N) is 5. The zero-order valence-electron chi connectivity index (χ0n) is 20.6. The molecule has 0 saturated carbocycles. The van der Waals surface area contributed by atoms with E-state index in [0.717, 1.165) is 42.5 Å². The van der Waals surface area contributed by atoms with E-state index < -0.39 is 6.04 Å². The Morgan fingerprint density at radius 1 is 1.17 bits per heavy atom. The molecule has 2 aromatic heterocycles. The number of aromatic nitrogens is 5. The summed E-state index contributed by atoms with van der Waals surface area (Å²) in [6.45, 7) is 8.98. The van der Waals surface area contributed by atoms with Crippen LogP contribution in [0.4, 0.5) is 0 Å². The van der Waals surface area contributed by atoms with E-state index in [-0.39, 0.29) is 11.7 Å². The lowest BCUT2D eigenvalue weighted by Gasteiger charge is -2.30. The molecular weight excluding hydrogens is 440 g/mol. The fourth-order valence-corrected chi connectivity index (χ4v) is 4.92. The Hall–Kier alpha value is -3.36. The lowest BCUT2D eigenvalue weighted by Crippen LogP contribution is -2.35. The fourth-order valence-electron chi connectivity index (χ4n) is 4.92. The third kappa shape index (κ3) is 4.90. The van der Waals surface area contributed by atoms with Crippen molar-refractivity contribution >= 4 is 10.9 Å². The first-order valence-corrected chi connectivity index (χ1v) is 12.3. The summed E-state index contributed by atoms with van der Waals surface area (Å²) >= 11 is 0. The average molecular weight is 473 g/mol. The maximum absolute atomic E-state index is 13.5. The second kappa shape index (κ2) is 10.1. The van der Waals surface area contributed by atoms with Crippen LogP contribution in [0.1, 0.15) is 53.9 Å². The summed E-state index contributed by atoms with van der Waals surface area (Å²) in [5.74, 6) is 0.659. The summed E-state index contributed by atoms with van der Waals surface area (Å²) in [6, 6.07) is 16.0. The quantitative estimate of drug-likeness (QED) is 0.418. The van der Waals surface area contributed by atoms with Crippen LogP contribution < -0.4 is 5.56 Å². The molecule has 35 heavy (non-hydrogen) atoms. The van der Waals surface area contributed by atoms with Gasteiger partial charge in [0.2, 0.25) is 0 Å². The van der Waals surface area contributed by atoms with Gasteiger partial charge in [-0.15, -0.1) is 5.10 Å². The minimum Gasteiger partial charge on any atom is -0.376 e. The molecule has 0 spiro atoms. The number of benzene rings is 2. The SMILES string of the molecule is CCN(Cc1ccccc1)[C@@H](c1cc2cc(C)c(C)cc2[nH]c1=O)c1nnnn1C[C@H]1CCCO1. The topological polar surface area (TPSA) is 88.9 Å². The largest absolute Gasteiger partial charge is 0.376 e. The van der Waals surface area contributed by atoms with Crippen LogP contribution in [0.25, 0.3) is 10.9 Å². The molecule has 8 nitrogen and oxygen atoms in total. The van der Waals surface area contributed by atoms with E-state index in [4.69, 9.17) is 4.74 Å². The van der Waals surface area contributed by atoms with E-state index in [0.29, 0.717) is 24.5 Å². The number of fused-ring (bicyclic) bond motifs is 1. The number of tetrazole rings is 1. The van der Waals surface area contributed by atoms with Gasteiger partial charge < -0.3 is 9.72 Å². The minimum absolute atomic E-state index is 0.0858. The average Bonchev–Trinajstić information content (AvgIpc) is 3.54. The number of ether oxygens (including phenoxy) is 1. The van der Waals surface area contributed by atoms with Crippen LogP contribution in [-0.4, -0.2) is 49.3 Å². The van der Waals surface area contributed by atoms with Crippen LogP contribution in [-0.2, 0) is 17.8 Å².